The molecule has 0 radical (unpaired) electrons. The Morgan fingerprint density at radius 2 is 1.58 bits per heavy atom. The van der Waals surface area contributed by atoms with Crippen LogP contribution in [0.2, 0.25) is 0 Å². The van der Waals surface area contributed by atoms with E-state index in [0.717, 1.165) is 17.1 Å². The van der Waals surface area contributed by atoms with Crippen molar-refractivity contribution in [1.29, 1.82) is 0 Å². The van der Waals surface area contributed by atoms with Crippen LogP contribution in [-0.2, 0) is 0 Å². The van der Waals surface area contributed by atoms with Gasteiger partial charge in [-0.25, -0.2) is 14.8 Å². The molecule has 156 valence electrons. The fourth-order valence-corrected chi connectivity index (χ4v) is 2.97. The quantitative estimate of drug-likeness (QED) is 0.478. The highest BCUT2D eigenvalue weighted by molar-refractivity contribution is 5.99. The van der Waals surface area contributed by atoms with Gasteiger partial charge in [0, 0.05) is 23.1 Å². The number of rotatable bonds is 5. The van der Waals surface area contributed by atoms with Gasteiger partial charge in [0.1, 0.15) is 23.7 Å². The Bertz CT molecular complexity index is 1200. The van der Waals surface area contributed by atoms with Gasteiger partial charge < -0.3 is 15.4 Å². The number of imidazole rings is 1. The Labute approximate surface area is 180 Å². The van der Waals surface area contributed by atoms with E-state index >= 15 is 0 Å². The number of aromatic nitrogens is 4. The van der Waals surface area contributed by atoms with Crippen molar-refractivity contribution in [2.75, 3.05) is 10.6 Å². The molecular formula is C23H22N6O2. The summed E-state index contributed by atoms with van der Waals surface area (Å²) < 4.78 is 7.81. The molecule has 4 aromatic rings. The zero-order valence-electron chi connectivity index (χ0n) is 17.5. The highest BCUT2D eigenvalue weighted by atomic mass is 16.5. The zero-order valence-corrected chi connectivity index (χ0v) is 17.5. The number of hydrogen-bond donors (Lipinski definition) is 2. The maximum atomic E-state index is 12.1. The number of anilines is 2. The fraction of sp³-hybridized carbons (Fsp3) is 0.130. The van der Waals surface area contributed by atoms with Crippen LogP contribution in [0.3, 0.4) is 0 Å². The number of amides is 2. The van der Waals surface area contributed by atoms with E-state index in [0.29, 0.717) is 29.0 Å². The third-order valence-electron chi connectivity index (χ3n) is 4.67. The van der Waals surface area contributed by atoms with Crippen LogP contribution in [0, 0.1) is 20.8 Å². The van der Waals surface area contributed by atoms with Crippen molar-refractivity contribution >= 4 is 17.4 Å². The van der Waals surface area contributed by atoms with Gasteiger partial charge in [-0.3, -0.25) is 4.57 Å². The monoisotopic (exact) mass is 414 g/mol. The predicted molar refractivity (Wildman–Crippen MR) is 119 cm³/mol. The van der Waals surface area contributed by atoms with Gasteiger partial charge in [-0.15, -0.1) is 0 Å². The summed E-state index contributed by atoms with van der Waals surface area (Å²) in [6.45, 7) is 5.75. The zero-order chi connectivity index (χ0) is 21.8. The number of carbonyl (C=O) groups is 1. The molecule has 0 saturated heterocycles. The lowest BCUT2D eigenvalue weighted by Gasteiger charge is -2.11. The average Bonchev–Trinajstić information content (AvgIpc) is 3.08. The molecule has 0 spiro atoms. The first-order valence-electron chi connectivity index (χ1n) is 9.75. The summed E-state index contributed by atoms with van der Waals surface area (Å²) in [7, 11) is 0. The molecular weight excluding hydrogens is 392 g/mol. The summed E-state index contributed by atoms with van der Waals surface area (Å²) in [5.41, 5.74) is 3.31. The molecule has 2 heterocycles. The van der Waals surface area contributed by atoms with E-state index in [4.69, 9.17) is 4.74 Å². The second kappa shape index (κ2) is 8.66. The van der Waals surface area contributed by atoms with E-state index in [-0.39, 0.29) is 6.03 Å². The minimum absolute atomic E-state index is 0.318. The van der Waals surface area contributed by atoms with Crippen LogP contribution in [0.15, 0.2) is 67.0 Å². The number of hydrogen-bond acceptors (Lipinski definition) is 5. The molecule has 2 amide bonds. The van der Waals surface area contributed by atoms with Crippen LogP contribution >= 0.6 is 0 Å². The summed E-state index contributed by atoms with van der Waals surface area (Å²) in [6.07, 6.45) is 1.73. The van der Waals surface area contributed by atoms with Crippen molar-refractivity contribution in [2.45, 2.75) is 20.8 Å². The van der Waals surface area contributed by atoms with Gasteiger partial charge in [-0.1, -0.05) is 18.2 Å². The molecule has 4 rings (SSSR count). The van der Waals surface area contributed by atoms with Crippen LogP contribution in [0.5, 0.6) is 11.6 Å². The van der Waals surface area contributed by atoms with E-state index in [1.54, 1.807) is 36.7 Å². The maximum Gasteiger partial charge on any atom is 0.323 e. The number of nitrogens with one attached hydrogen (secondary N) is 2. The SMILES string of the molecule is Cc1nc(Oc2ccc(NC(=O)Nc3ccccc3)cc2)cc(-n2cnc(C)c2C)n1. The number of aryl methyl sites for hydroxylation is 2. The van der Waals surface area contributed by atoms with Crippen molar-refractivity contribution in [2.24, 2.45) is 0 Å². The summed E-state index contributed by atoms with van der Waals surface area (Å²) in [5, 5.41) is 5.56. The van der Waals surface area contributed by atoms with E-state index in [1.165, 1.54) is 0 Å². The van der Waals surface area contributed by atoms with Gasteiger partial charge in [-0.05, 0) is 57.2 Å². The summed E-state index contributed by atoms with van der Waals surface area (Å²) >= 11 is 0. The number of benzene rings is 2. The molecule has 0 fully saturated rings. The first kappa shape index (κ1) is 20.1. The Morgan fingerprint density at radius 3 is 2.23 bits per heavy atom. The molecule has 0 aliphatic rings. The molecule has 2 aromatic heterocycles. The number of para-hydroxylation sites is 1. The normalized spacial score (nSPS) is 10.5. The lowest BCUT2D eigenvalue weighted by Crippen LogP contribution is -2.19. The third kappa shape index (κ3) is 4.87. The van der Waals surface area contributed by atoms with E-state index < -0.39 is 0 Å². The molecule has 0 unspecified atom stereocenters. The second-order valence-corrected chi connectivity index (χ2v) is 6.97. The Kier molecular flexibility index (Phi) is 5.61. The summed E-state index contributed by atoms with van der Waals surface area (Å²) in [6, 6.07) is 17.8. The molecule has 0 atom stereocenters. The van der Waals surface area contributed by atoms with Gasteiger partial charge in [-0.2, -0.15) is 4.98 Å². The number of urea groups is 1. The van der Waals surface area contributed by atoms with E-state index in [9.17, 15) is 4.79 Å². The molecule has 8 nitrogen and oxygen atoms in total. The van der Waals surface area contributed by atoms with E-state index in [1.807, 2.05) is 55.7 Å². The highest BCUT2D eigenvalue weighted by Crippen LogP contribution is 2.24. The van der Waals surface area contributed by atoms with Crippen molar-refractivity contribution < 1.29 is 9.53 Å². The minimum atomic E-state index is -0.318. The average molecular weight is 414 g/mol. The Balaban J connectivity index is 1.44. The summed E-state index contributed by atoms with van der Waals surface area (Å²) in [4.78, 5) is 25.3. The van der Waals surface area contributed by atoms with Gasteiger partial charge in [0.05, 0.1) is 5.69 Å². The highest BCUT2D eigenvalue weighted by Gasteiger charge is 2.10. The van der Waals surface area contributed by atoms with Gasteiger partial charge >= 0.3 is 6.03 Å². The predicted octanol–water partition coefficient (Wildman–Crippen LogP) is 5.02. The molecule has 0 bridgehead atoms. The largest absolute Gasteiger partial charge is 0.439 e. The molecule has 31 heavy (non-hydrogen) atoms. The minimum Gasteiger partial charge on any atom is -0.439 e. The Hall–Kier alpha value is -4.20. The van der Waals surface area contributed by atoms with Gasteiger partial charge in [0.25, 0.3) is 0 Å². The van der Waals surface area contributed by atoms with Crippen molar-refractivity contribution in [3.63, 3.8) is 0 Å². The van der Waals surface area contributed by atoms with E-state index in [2.05, 4.69) is 25.6 Å². The number of nitrogens with zero attached hydrogens (tertiary/aromatic N) is 4. The molecule has 2 N–H and O–H groups in total. The number of carbonyl (C=O) groups excluding carboxylic acids is 1. The van der Waals surface area contributed by atoms with Crippen LogP contribution in [0.25, 0.3) is 5.82 Å². The fourth-order valence-electron chi connectivity index (χ4n) is 2.97. The van der Waals surface area contributed by atoms with Crippen molar-refractivity contribution in [3.8, 4) is 17.4 Å². The van der Waals surface area contributed by atoms with Crippen LogP contribution in [-0.4, -0.2) is 25.6 Å². The first-order chi connectivity index (χ1) is 15.0. The standard InChI is InChI=1S/C23H22N6O2/c1-15-16(2)29(14-24-15)21-13-22(26-17(3)25-21)31-20-11-9-19(10-12-20)28-23(30)27-18-7-5-4-6-8-18/h4-14H,1-3H3,(H2,27,28,30). The molecule has 8 heteroatoms. The molecule has 2 aromatic carbocycles. The van der Waals surface area contributed by atoms with Crippen LogP contribution < -0.4 is 15.4 Å². The smallest absolute Gasteiger partial charge is 0.323 e. The lowest BCUT2D eigenvalue weighted by atomic mass is 10.3. The molecule has 0 saturated carbocycles. The first-order valence-corrected chi connectivity index (χ1v) is 9.75. The number of ether oxygens (including phenoxy) is 1. The third-order valence-corrected chi connectivity index (χ3v) is 4.67. The van der Waals surface area contributed by atoms with Crippen molar-refractivity contribution in [3.05, 3.63) is 84.2 Å². The van der Waals surface area contributed by atoms with Crippen LogP contribution in [0.4, 0.5) is 16.2 Å². The second-order valence-electron chi connectivity index (χ2n) is 6.97. The topological polar surface area (TPSA) is 94.0 Å². The van der Waals surface area contributed by atoms with Crippen LogP contribution in [0.1, 0.15) is 17.2 Å². The summed E-state index contributed by atoms with van der Waals surface area (Å²) in [5.74, 6) is 2.30. The lowest BCUT2D eigenvalue weighted by molar-refractivity contribution is 0.262. The molecule has 0 aliphatic heterocycles. The van der Waals surface area contributed by atoms with Gasteiger partial charge in [0.15, 0.2) is 0 Å². The Morgan fingerprint density at radius 1 is 0.903 bits per heavy atom. The van der Waals surface area contributed by atoms with Crippen molar-refractivity contribution in [1.82, 2.24) is 19.5 Å². The maximum absolute atomic E-state index is 12.1. The van der Waals surface area contributed by atoms with Gasteiger partial charge in [0.2, 0.25) is 5.88 Å². The molecule has 0 aliphatic carbocycles.